The van der Waals surface area contributed by atoms with Gasteiger partial charge in [0.05, 0.1) is 12.4 Å². The molecule has 0 aliphatic heterocycles. The Morgan fingerprint density at radius 3 is 2.53 bits per heavy atom. The minimum atomic E-state index is -3.32. The number of hydrogen-bond acceptors (Lipinski definition) is 4. The molecule has 1 saturated carbocycles. The lowest BCUT2D eigenvalue weighted by Crippen LogP contribution is -2.23. The summed E-state index contributed by atoms with van der Waals surface area (Å²) in [6, 6.07) is 4.02. The molecule has 0 unspecified atom stereocenters. The molecule has 0 saturated heterocycles. The van der Waals surface area contributed by atoms with Crippen LogP contribution in [0, 0.1) is 0 Å². The summed E-state index contributed by atoms with van der Waals surface area (Å²) in [6.45, 7) is 0. The SMILES string of the molecule is CS(=O)(=O)OC1CCC(c2cccnc2)CC1. The van der Waals surface area contributed by atoms with Crippen molar-refractivity contribution < 1.29 is 12.6 Å². The molecule has 17 heavy (non-hydrogen) atoms. The van der Waals surface area contributed by atoms with Crippen molar-refractivity contribution in [3.8, 4) is 0 Å². The van der Waals surface area contributed by atoms with Gasteiger partial charge in [0.1, 0.15) is 0 Å². The van der Waals surface area contributed by atoms with Crippen molar-refractivity contribution >= 4 is 10.1 Å². The molecule has 0 radical (unpaired) electrons. The smallest absolute Gasteiger partial charge is 0.264 e. The van der Waals surface area contributed by atoms with Gasteiger partial charge in [-0.15, -0.1) is 0 Å². The predicted octanol–water partition coefficient (Wildman–Crippen LogP) is 2.08. The standard InChI is InChI=1S/C12H17NO3S/c1-17(14,15)16-12-6-4-10(5-7-12)11-3-2-8-13-9-11/h2-3,8-10,12H,4-7H2,1H3. The molecule has 1 aromatic rings. The van der Waals surface area contributed by atoms with Gasteiger partial charge in [0, 0.05) is 12.4 Å². The Kier molecular flexibility index (Phi) is 3.79. The second kappa shape index (κ2) is 5.14. The minimum absolute atomic E-state index is 0.141. The Labute approximate surface area is 102 Å². The maximum atomic E-state index is 11.0. The van der Waals surface area contributed by atoms with Crippen LogP contribution in [0.2, 0.25) is 0 Å². The highest BCUT2D eigenvalue weighted by molar-refractivity contribution is 7.86. The summed E-state index contributed by atoms with van der Waals surface area (Å²) in [5.41, 5.74) is 1.24. The molecule has 4 nitrogen and oxygen atoms in total. The third-order valence-electron chi connectivity index (χ3n) is 3.14. The molecule has 1 aliphatic rings. The summed E-state index contributed by atoms with van der Waals surface area (Å²) in [5.74, 6) is 0.489. The van der Waals surface area contributed by atoms with Gasteiger partial charge in [0.25, 0.3) is 10.1 Å². The van der Waals surface area contributed by atoms with Crippen LogP contribution in [0.3, 0.4) is 0 Å². The molecule has 1 heterocycles. The van der Waals surface area contributed by atoms with E-state index in [-0.39, 0.29) is 6.10 Å². The Balaban J connectivity index is 1.91. The normalized spacial score (nSPS) is 25.7. The third kappa shape index (κ3) is 3.78. The van der Waals surface area contributed by atoms with Gasteiger partial charge in [-0.1, -0.05) is 6.07 Å². The average molecular weight is 255 g/mol. The molecular weight excluding hydrogens is 238 g/mol. The van der Waals surface area contributed by atoms with Crippen LogP contribution in [0.15, 0.2) is 24.5 Å². The van der Waals surface area contributed by atoms with Crippen LogP contribution >= 0.6 is 0 Å². The van der Waals surface area contributed by atoms with Crippen molar-refractivity contribution in [2.45, 2.75) is 37.7 Å². The van der Waals surface area contributed by atoms with Crippen molar-refractivity contribution in [1.82, 2.24) is 4.98 Å². The Hall–Kier alpha value is -0.940. The first-order valence-electron chi connectivity index (χ1n) is 5.83. The second-order valence-corrected chi connectivity index (χ2v) is 6.16. The number of hydrogen-bond donors (Lipinski definition) is 0. The second-order valence-electron chi connectivity index (χ2n) is 4.56. The maximum Gasteiger partial charge on any atom is 0.264 e. The van der Waals surface area contributed by atoms with Gasteiger partial charge in [-0.05, 0) is 43.2 Å². The fourth-order valence-electron chi connectivity index (χ4n) is 2.36. The van der Waals surface area contributed by atoms with Crippen molar-refractivity contribution in [2.24, 2.45) is 0 Å². The zero-order valence-electron chi connectivity index (χ0n) is 9.87. The van der Waals surface area contributed by atoms with Crippen LogP contribution in [0.25, 0.3) is 0 Å². The summed E-state index contributed by atoms with van der Waals surface area (Å²) in [7, 11) is -3.32. The quantitative estimate of drug-likeness (QED) is 0.776. The highest BCUT2D eigenvalue weighted by Crippen LogP contribution is 2.33. The van der Waals surface area contributed by atoms with E-state index in [2.05, 4.69) is 11.1 Å². The highest BCUT2D eigenvalue weighted by atomic mass is 32.2. The van der Waals surface area contributed by atoms with E-state index in [0.29, 0.717) is 5.92 Å². The lowest BCUT2D eigenvalue weighted by molar-refractivity contribution is 0.155. The predicted molar refractivity (Wildman–Crippen MR) is 65.2 cm³/mol. The van der Waals surface area contributed by atoms with E-state index in [4.69, 9.17) is 4.18 Å². The lowest BCUT2D eigenvalue weighted by Gasteiger charge is -2.27. The Morgan fingerprint density at radius 1 is 1.29 bits per heavy atom. The fourth-order valence-corrected chi connectivity index (χ4v) is 3.04. The van der Waals surface area contributed by atoms with E-state index in [1.54, 1.807) is 6.20 Å². The van der Waals surface area contributed by atoms with Crippen LogP contribution in [-0.2, 0) is 14.3 Å². The van der Waals surface area contributed by atoms with E-state index in [1.165, 1.54) is 5.56 Å². The summed E-state index contributed by atoms with van der Waals surface area (Å²) in [4.78, 5) is 4.11. The Morgan fingerprint density at radius 2 is 2.00 bits per heavy atom. The zero-order chi connectivity index (χ0) is 12.3. The lowest BCUT2D eigenvalue weighted by atomic mass is 9.83. The number of nitrogens with zero attached hydrogens (tertiary/aromatic N) is 1. The summed E-state index contributed by atoms with van der Waals surface area (Å²) >= 11 is 0. The van der Waals surface area contributed by atoms with Crippen molar-refractivity contribution in [2.75, 3.05) is 6.26 Å². The minimum Gasteiger partial charge on any atom is -0.267 e. The van der Waals surface area contributed by atoms with E-state index < -0.39 is 10.1 Å². The molecule has 0 amide bonds. The first-order chi connectivity index (χ1) is 8.04. The van der Waals surface area contributed by atoms with E-state index in [9.17, 15) is 8.42 Å². The van der Waals surface area contributed by atoms with Gasteiger partial charge in [0.15, 0.2) is 0 Å². The van der Waals surface area contributed by atoms with Gasteiger partial charge in [-0.3, -0.25) is 9.17 Å². The molecule has 0 spiro atoms. The van der Waals surface area contributed by atoms with Gasteiger partial charge in [-0.2, -0.15) is 8.42 Å². The van der Waals surface area contributed by atoms with Crippen LogP contribution in [0.4, 0.5) is 0 Å². The number of pyridine rings is 1. The molecule has 0 aromatic carbocycles. The summed E-state index contributed by atoms with van der Waals surface area (Å²) in [5, 5.41) is 0. The van der Waals surface area contributed by atoms with Crippen molar-refractivity contribution in [3.05, 3.63) is 30.1 Å². The van der Waals surface area contributed by atoms with Crippen molar-refractivity contribution in [1.29, 1.82) is 0 Å². The molecule has 1 fully saturated rings. The molecule has 0 N–H and O–H groups in total. The van der Waals surface area contributed by atoms with Gasteiger partial charge in [0.2, 0.25) is 0 Å². The maximum absolute atomic E-state index is 11.0. The summed E-state index contributed by atoms with van der Waals surface area (Å²) in [6.07, 6.45) is 8.15. The molecule has 1 aliphatic carbocycles. The van der Waals surface area contributed by atoms with E-state index in [1.807, 2.05) is 12.3 Å². The largest absolute Gasteiger partial charge is 0.267 e. The molecule has 5 heteroatoms. The fraction of sp³-hybridized carbons (Fsp3) is 0.583. The first kappa shape index (κ1) is 12.5. The molecule has 0 atom stereocenters. The molecular formula is C12H17NO3S. The molecule has 2 rings (SSSR count). The van der Waals surface area contributed by atoms with E-state index in [0.717, 1.165) is 31.9 Å². The topological polar surface area (TPSA) is 56.3 Å². The first-order valence-corrected chi connectivity index (χ1v) is 7.64. The van der Waals surface area contributed by atoms with Crippen LogP contribution < -0.4 is 0 Å². The summed E-state index contributed by atoms with van der Waals surface area (Å²) < 4.78 is 27.1. The third-order valence-corrected chi connectivity index (χ3v) is 3.76. The van der Waals surface area contributed by atoms with Crippen LogP contribution in [0.1, 0.15) is 37.2 Å². The van der Waals surface area contributed by atoms with Crippen LogP contribution in [-0.4, -0.2) is 25.8 Å². The molecule has 94 valence electrons. The van der Waals surface area contributed by atoms with Gasteiger partial charge in [-0.25, -0.2) is 0 Å². The monoisotopic (exact) mass is 255 g/mol. The Bertz CT molecular complexity index is 450. The average Bonchev–Trinajstić information content (AvgIpc) is 2.29. The molecule has 1 aromatic heterocycles. The zero-order valence-corrected chi connectivity index (χ0v) is 10.7. The van der Waals surface area contributed by atoms with Gasteiger partial charge < -0.3 is 0 Å². The number of aromatic nitrogens is 1. The number of rotatable bonds is 3. The van der Waals surface area contributed by atoms with Crippen LogP contribution in [0.5, 0.6) is 0 Å². The molecule has 0 bridgehead atoms. The van der Waals surface area contributed by atoms with Crippen molar-refractivity contribution in [3.63, 3.8) is 0 Å². The highest BCUT2D eigenvalue weighted by Gasteiger charge is 2.25. The van der Waals surface area contributed by atoms with Gasteiger partial charge >= 0.3 is 0 Å². The van der Waals surface area contributed by atoms with E-state index >= 15 is 0 Å².